The second-order valence-electron chi connectivity index (χ2n) is 5.22. The molecule has 1 aliphatic rings. The van der Waals surface area contributed by atoms with Gasteiger partial charge in [-0.2, -0.15) is 0 Å². The topological polar surface area (TPSA) is 58.6 Å². The summed E-state index contributed by atoms with van der Waals surface area (Å²) in [4.78, 5) is 25.5. The number of nitrogens with zero attached hydrogens (tertiary/aromatic N) is 1. The van der Waals surface area contributed by atoms with Gasteiger partial charge in [0.1, 0.15) is 6.54 Å². The molecule has 1 amide bonds. The Balaban J connectivity index is 2.72. The zero-order chi connectivity index (χ0) is 14.4. The molecule has 1 aliphatic heterocycles. The highest BCUT2D eigenvalue weighted by Crippen LogP contribution is 2.13. The summed E-state index contributed by atoms with van der Waals surface area (Å²) in [6.45, 7) is 10.1. The first-order valence-electron chi connectivity index (χ1n) is 6.79. The fraction of sp³-hybridized carbons (Fsp3) is 0.714. The number of esters is 1. The molecule has 0 aromatic carbocycles. The molecule has 108 valence electrons. The van der Waals surface area contributed by atoms with Crippen LogP contribution in [-0.4, -0.2) is 49.6 Å². The van der Waals surface area contributed by atoms with E-state index < -0.39 is 0 Å². The predicted octanol–water partition coefficient (Wildman–Crippen LogP) is 0.954. The molecular formula is C14H24N2O3. The standard InChI is InChI=1S/C14H24N2O3/c1-5-19-13(17)9-16(8-10(2)3)14(18)11(4)12-6-15-7-12/h10,15H,5-9H2,1-4H3. The summed E-state index contributed by atoms with van der Waals surface area (Å²) in [5.74, 6) is -0.0880. The number of ether oxygens (including phenoxy) is 1. The maximum Gasteiger partial charge on any atom is 0.325 e. The third kappa shape index (κ3) is 4.67. The van der Waals surface area contributed by atoms with Crippen LogP contribution in [0.25, 0.3) is 0 Å². The van der Waals surface area contributed by atoms with Crippen molar-refractivity contribution in [2.75, 3.05) is 32.8 Å². The van der Waals surface area contributed by atoms with Crippen LogP contribution in [0.15, 0.2) is 11.1 Å². The lowest BCUT2D eigenvalue weighted by Crippen LogP contribution is -2.42. The van der Waals surface area contributed by atoms with Crippen LogP contribution in [0.1, 0.15) is 27.7 Å². The Morgan fingerprint density at radius 2 is 2.00 bits per heavy atom. The quantitative estimate of drug-likeness (QED) is 0.575. The van der Waals surface area contributed by atoms with Gasteiger partial charge < -0.3 is 15.0 Å². The Morgan fingerprint density at radius 1 is 1.37 bits per heavy atom. The number of amides is 1. The van der Waals surface area contributed by atoms with E-state index in [9.17, 15) is 9.59 Å². The molecule has 1 N–H and O–H groups in total. The van der Waals surface area contributed by atoms with Crippen molar-refractivity contribution in [3.05, 3.63) is 11.1 Å². The summed E-state index contributed by atoms with van der Waals surface area (Å²) >= 11 is 0. The minimum atomic E-state index is -0.346. The number of carbonyl (C=O) groups is 2. The monoisotopic (exact) mass is 268 g/mol. The molecule has 0 bridgehead atoms. The van der Waals surface area contributed by atoms with Gasteiger partial charge in [-0.05, 0) is 25.3 Å². The van der Waals surface area contributed by atoms with E-state index in [-0.39, 0.29) is 18.4 Å². The van der Waals surface area contributed by atoms with Gasteiger partial charge in [-0.15, -0.1) is 0 Å². The van der Waals surface area contributed by atoms with Crippen LogP contribution in [0.2, 0.25) is 0 Å². The van der Waals surface area contributed by atoms with Gasteiger partial charge in [-0.1, -0.05) is 13.8 Å². The number of rotatable bonds is 6. The van der Waals surface area contributed by atoms with E-state index in [0.29, 0.717) is 19.1 Å². The van der Waals surface area contributed by atoms with Gasteiger partial charge in [-0.25, -0.2) is 0 Å². The fourth-order valence-corrected chi connectivity index (χ4v) is 1.93. The SMILES string of the molecule is CCOC(=O)CN(CC(C)C)C(=O)C(C)=C1CNC1. The molecular weight excluding hydrogens is 244 g/mol. The smallest absolute Gasteiger partial charge is 0.325 e. The Hall–Kier alpha value is -1.36. The number of hydrogen-bond acceptors (Lipinski definition) is 4. The first-order valence-corrected chi connectivity index (χ1v) is 6.79. The van der Waals surface area contributed by atoms with Gasteiger partial charge in [-0.3, -0.25) is 9.59 Å². The first-order chi connectivity index (χ1) is 8.95. The second kappa shape index (κ2) is 7.28. The van der Waals surface area contributed by atoms with E-state index in [2.05, 4.69) is 5.32 Å². The molecule has 1 saturated heterocycles. The highest BCUT2D eigenvalue weighted by molar-refractivity contribution is 5.95. The lowest BCUT2D eigenvalue weighted by molar-refractivity contribution is -0.148. The van der Waals surface area contributed by atoms with Crippen LogP contribution in [0, 0.1) is 5.92 Å². The van der Waals surface area contributed by atoms with Crippen LogP contribution in [0.3, 0.4) is 0 Å². The van der Waals surface area contributed by atoms with Crippen molar-refractivity contribution in [3.63, 3.8) is 0 Å². The van der Waals surface area contributed by atoms with Crippen molar-refractivity contribution in [2.45, 2.75) is 27.7 Å². The van der Waals surface area contributed by atoms with Crippen molar-refractivity contribution < 1.29 is 14.3 Å². The van der Waals surface area contributed by atoms with Crippen molar-refractivity contribution in [3.8, 4) is 0 Å². The Kier molecular flexibility index (Phi) is 6.02. The molecule has 0 unspecified atom stereocenters. The molecule has 0 saturated carbocycles. The summed E-state index contributed by atoms with van der Waals surface area (Å²) < 4.78 is 4.92. The lowest BCUT2D eigenvalue weighted by Gasteiger charge is -2.27. The largest absolute Gasteiger partial charge is 0.465 e. The lowest BCUT2D eigenvalue weighted by atomic mass is 10.0. The molecule has 0 aromatic heterocycles. The van der Waals surface area contributed by atoms with Gasteiger partial charge in [0.2, 0.25) is 5.91 Å². The molecule has 0 aliphatic carbocycles. The number of carbonyl (C=O) groups excluding carboxylic acids is 2. The highest BCUT2D eigenvalue weighted by Gasteiger charge is 2.23. The average molecular weight is 268 g/mol. The van der Waals surface area contributed by atoms with E-state index in [1.54, 1.807) is 11.8 Å². The molecule has 0 radical (unpaired) electrons. The third-order valence-corrected chi connectivity index (χ3v) is 3.03. The van der Waals surface area contributed by atoms with E-state index >= 15 is 0 Å². The minimum absolute atomic E-state index is 0.0307. The van der Waals surface area contributed by atoms with Gasteiger partial charge in [0, 0.05) is 25.2 Å². The Labute approximate surface area is 115 Å². The minimum Gasteiger partial charge on any atom is -0.465 e. The summed E-state index contributed by atoms with van der Waals surface area (Å²) in [5.41, 5.74) is 1.88. The van der Waals surface area contributed by atoms with Gasteiger partial charge in [0.05, 0.1) is 6.61 Å². The van der Waals surface area contributed by atoms with E-state index in [0.717, 1.165) is 24.2 Å². The van der Waals surface area contributed by atoms with Gasteiger partial charge in [0.25, 0.3) is 0 Å². The highest BCUT2D eigenvalue weighted by atomic mass is 16.5. The van der Waals surface area contributed by atoms with Gasteiger partial charge >= 0.3 is 5.97 Å². The normalized spacial score (nSPS) is 14.1. The molecule has 1 rings (SSSR count). The second-order valence-corrected chi connectivity index (χ2v) is 5.22. The zero-order valence-corrected chi connectivity index (χ0v) is 12.3. The van der Waals surface area contributed by atoms with E-state index in [1.165, 1.54) is 0 Å². The summed E-state index contributed by atoms with van der Waals surface area (Å²) in [6, 6.07) is 0. The van der Waals surface area contributed by atoms with E-state index in [1.807, 2.05) is 20.8 Å². The molecule has 0 aromatic rings. The maximum absolute atomic E-state index is 12.4. The average Bonchev–Trinajstić information content (AvgIpc) is 2.24. The number of nitrogens with one attached hydrogen (secondary N) is 1. The van der Waals surface area contributed by atoms with Crippen molar-refractivity contribution in [2.24, 2.45) is 5.92 Å². The van der Waals surface area contributed by atoms with Crippen molar-refractivity contribution >= 4 is 11.9 Å². The molecule has 1 heterocycles. The maximum atomic E-state index is 12.4. The van der Waals surface area contributed by atoms with Crippen LogP contribution < -0.4 is 5.32 Å². The molecule has 19 heavy (non-hydrogen) atoms. The summed E-state index contributed by atoms with van der Waals surface area (Å²) in [6.07, 6.45) is 0. The van der Waals surface area contributed by atoms with Crippen LogP contribution in [0.4, 0.5) is 0 Å². The fourth-order valence-electron chi connectivity index (χ4n) is 1.93. The van der Waals surface area contributed by atoms with Crippen LogP contribution in [-0.2, 0) is 14.3 Å². The predicted molar refractivity (Wildman–Crippen MR) is 73.6 cm³/mol. The molecule has 0 atom stereocenters. The van der Waals surface area contributed by atoms with Crippen molar-refractivity contribution in [1.82, 2.24) is 10.2 Å². The molecule has 5 heteroatoms. The third-order valence-electron chi connectivity index (χ3n) is 3.03. The van der Waals surface area contributed by atoms with Crippen LogP contribution >= 0.6 is 0 Å². The van der Waals surface area contributed by atoms with Crippen molar-refractivity contribution in [1.29, 1.82) is 0 Å². The van der Waals surface area contributed by atoms with Gasteiger partial charge in [0.15, 0.2) is 0 Å². The Bertz CT molecular complexity index is 369. The Morgan fingerprint density at radius 3 is 2.42 bits per heavy atom. The summed E-state index contributed by atoms with van der Waals surface area (Å²) in [5, 5.41) is 3.12. The molecule has 0 spiro atoms. The summed E-state index contributed by atoms with van der Waals surface area (Å²) in [7, 11) is 0. The van der Waals surface area contributed by atoms with E-state index in [4.69, 9.17) is 4.74 Å². The number of hydrogen-bond donors (Lipinski definition) is 1. The molecule has 1 fully saturated rings. The van der Waals surface area contributed by atoms with Crippen LogP contribution in [0.5, 0.6) is 0 Å². The molecule has 5 nitrogen and oxygen atoms in total. The first kappa shape index (κ1) is 15.7. The zero-order valence-electron chi connectivity index (χ0n) is 12.3.